The summed E-state index contributed by atoms with van der Waals surface area (Å²) in [5.41, 5.74) is 2.36. The normalized spacial score (nSPS) is 29.5. The Hall–Kier alpha value is -3.04. The second kappa shape index (κ2) is 8.48. The van der Waals surface area contributed by atoms with Crippen LogP contribution in [0, 0.1) is 5.92 Å². The molecule has 9 nitrogen and oxygen atoms in total. The first-order chi connectivity index (χ1) is 18.5. The lowest BCUT2D eigenvalue weighted by atomic mass is 9.78. The fourth-order valence-corrected chi connectivity index (χ4v) is 7.29. The van der Waals surface area contributed by atoms with Gasteiger partial charge in [-0.05, 0) is 62.6 Å². The van der Waals surface area contributed by atoms with E-state index in [9.17, 15) is 4.79 Å². The van der Waals surface area contributed by atoms with Gasteiger partial charge in [-0.2, -0.15) is 4.98 Å². The van der Waals surface area contributed by atoms with Crippen molar-refractivity contribution in [2.75, 3.05) is 22.1 Å². The van der Waals surface area contributed by atoms with E-state index >= 15 is 0 Å². The number of piperidine rings is 2. The van der Waals surface area contributed by atoms with Gasteiger partial charge in [0, 0.05) is 42.7 Å². The molecule has 4 bridgehead atoms. The van der Waals surface area contributed by atoms with Gasteiger partial charge in [-0.15, -0.1) is 0 Å². The number of rotatable bonds is 4. The molecule has 6 aliphatic rings. The number of hydrogen-bond acceptors (Lipinski definition) is 8. The van der Waals surface area contributed by atoms with Crippen molar-refractivity contribution in [1.82, 2.24) is 14.5 Å². The first-order valence-electron chi connectivity index (χ1n) is 13.8. The third kappa shape index (κ3) is 3.66. The lowest BCUT2D eigenvalue weighted by molar-refractivity contribution is -0.120. The van der Waals surface area contributed by atoms with E-state index < -0.39 is 0 Å². The minimum absolute atomic E-state index is 0.115. The molecule has 0 radical (unpaired) electrons. The van der Waals surface area contributed by atoms with Crippen molar-refractivity contribution < 1.29 is 9.47 Å². The number of aromatic nitrogens is 3. The fourth-order valence-electron chi connectivity index (χ4n) is 7.15. The average Bonchev–Trinajstić information content (AvgIpc) is 3.75. The summed E-state index contributed by atoms with van der Waals surface area (Å²) in [6.07, 6.45) is 9.93. The van der Waals surface area contributed by atoms with Gasteiger partial charge in [0.1, 0.15) is 5.02 Å². The zero-order valence-electron chi connectivity index (χ0n) is 21.3. The molecule has 1 aromatic carbocycles. The maximum atomic E-state index is 13.1. The van der Waals surface area contributed by atoms with Crippen LogP contribution in [0.4, 0.5) is 23.1 Å². The number of aryl methyl sites for hydroxylation is 1. The summed E-state index contributed by atoms with van der Waals surface area (Å²) in [7, 11) is 1.79. The van der Waals surface area contributed by atoms with E-state index in [1.807, 2.05) is 12.1 Å². The number of ether oxygens (including phenoxy) is 2. The molecule has 7 heterocycles. The maximum absolute atomic E-state index is 13.1. The molecule has 4 saturated heterocycles. The Balaban J connectivity index is 1.15. The Morgan fingerprint density at radius 1 is 1.11 bits per heavy atom. The topological polar surface area (TPSA) is 93.5 Å². The average molecular weight is 535 g/mol. The predicted octanol–water partition coefficient (Wildman–Crippen LogP) is 4.60. The quantitative estimate of drug-likeness (QED) is 0.502. The number of benzene rings is 1. The molecule has 198 valence electrons. The molecule has 3 aromatic rings. The van der Waals surface area contributed by atoms with Crippen molar-refractivity contribution >= 4 is 45.6 Å². The summed E-state index contributed by atoms with van der Waals surface area (Å²) in [5.74, 6) is 2.36. The SMILES string of the molecule is Cn1c(=O)c2c(c3cc(Nc4nc(N5C6CC7CC5CC(C6)O7)ncc4Cl)ccc31)NC(C1CC1)CCO2. The smallest absolute Gasteiger partial charge is 0.295 e. The Morgan fingerprint density at radius 3 is 2.61 bits per heavy atom. The molecule has 1 unspecified atom stereocenters. The van der Waals surface area contributed by atoms with Crippen LogP contribution in [0.25, 0.3) is 10.9 Å². The van der Waals surface area contributed by atoms with Gasteiger partial charge in [0.2, 0.25) is 11.7 Å². The van der Waals surface area contributed by atoms with Crippen molar-refractivity contribution in [3.8, 4) is 5.75 Å². The zero-order valence-corrected chi connectivity index (χ0v) is 22.1. The van der Waals surface area contributed by atoms with Crippen LogP contribution in [0.15, 0.2) is 29.2 Å². The van der Waals surface area contributed by atoms with Gasteiger partial charge in [0.15, 0.2) is 5.82 Å². The molecule has 1 saturated carbocycles. The molecule has 9 rings (SSSR count). The third-order valence-electron chi connectivity index (χ3n) is 9.09. The van der Waals surface area contributed by atoms with Gasteiger partial charge in [-0.3, -0.25) is 4.79 Å². The van der Waals surface area contributed by atoms with Gasteiger partial charge in [0.25, 0.3) is 5.56 Å². The molecule has 2 N–H and O–H groups in total. The van der Waals surface area contributed by atoms with E-state index in [-0.39, 0.29) is 5.56 Å². The van der Waals surface area contributed by atoms with Crippen LogP contribution in [0.2, 0.25) is 5.02 Å². The van der Waals surface area contributed by atoms with Crippen LogP contribution < -0.4 is 25.8 Å². The number of anilines is 4. The highest BCUT2D eigenvalue weighted by Gasteiger charge is 2.48. The lowest BCUT2D eigenvalue weighted by Crippen LogP contribution is -2.62. The molecule has 1 atom stereocenters. The van der Waals surface area contributed by atoms with Crippen LogP contribution in [-0.4, -0.2) is 51.5 Å². The molecule has 0 spiro atoms. The van der Waals surface area contributed by atoms with E-state index in [1.165, 1.54) is 12.8 Å². The lowest BCUT2D eigenvalue weighted by Gasteiger charge is -2.56. The van der Waals surface area contributed by atoms with E-state index in [0.717, 1.165) is 60.3 Å². The van der Waals surface area contributed by atoms with Crippen LogP contribution in [-0.2, 0) is 11.8 Å². The van der Waals surface area contributed by atoms with E-state index in [1.54, 1.807) is 17.8 Å². The zero-order chi connectivity index (χ0) is 25.5. The summed E-state index contributed by atoms with van der Waals surface area (Å²) >= 11 is 6.59. The molecule has 10 heteroatoms. The highest BCUT2D eigenvalue weighted by atomic mass is 35.5. The molecule has 2 aromatic heterocycles. The van der Waals surface area contributed by atoms with Crippen LogP contribution in [0.3, 0.4) is 0 Å². The van der Waals surface area contributed by atoms with Crippen molar-refractivity contribution in [2.24, 2.45) is 13.0 Å². The van der Waals surface area contributed by atoms with Crippen LogP contribution >= 0.6 is 11.6 Å². The first-order valence-corrected chi connectivity index (χ1v) is 14.2. The summed E-state index contributed by atoms with van der Waals surface area (Å²) < 4.78 is 13.8. The van der Waals surface area contributed by atoms with Gasteiger partial charge in [-0.25, -0.2) is 4.98 Å². The number of halogens is 1. The van der Waals surface area contributed by atoms with Gasteiger partial charge < -0.3 is 29.6 Å². The van der Waals surface area contributed by atoms with E-state index in [2.05, 4.69) is 26.6 Å². The fraction of sp³-hybridized carbons (Fsp3) is 0.536. The third-order valence-corrected chi connectivity index (χ3v) is 9.36. The Morgan fingerprint density at radius 2 is 1.87 bits per heavy atom. The van der Waals surface area contributed by atoms with Crippen LogP contribution in [0.5, 0.6) is 5.75 Å². The number of nitrogens with one attached hydrogen (secondary N) is 2. The monoisotopic (exact) mass is 534 g/mol. The first kappa shape index (κ1) is 22.9. The van der Waals surface area contributed by atoms with Gasteiger partial charge in [0.05, 0.1) is 36.2 Å². The van der Waals surface area contributed by atoms with Gasteiger partial charge in [-0.1, -0.05) is 11.6 Å². The molecule has 1 aliphatic carbocycles. The van der Waals surface area contributed by atoms with E-state index in [0.29, 0.717) is 59.4 Å². The predicted molar refractivity (Wildman–Crippen MR) is 147 cm³/mol. The number of nitrogens with zero attached hydrogens (tertiary/aromatic N) is 4. The Bertz CT molecular complexity index is 1480. The summed E-state index contributed by atoms with van der Waals surface area (Å²) in [4.78, 5) is 25.1. The summed E-state index contributed by atoms with van der Waals surface area (Å²) in [5, 5.41) is 8.53. The van der Waals surface area contributed by atoms with Crippen molar-refractivity contribution in [3.05, 3.63) is 39.8 Å². The highest BCUT2D eigenvalue weighted by Crippen LogP contribution is 2.45. The Labute approximate surface area is 225 Å². The summed E-state index contributed by atoms with van der Waals surface area (Å²) in [6.45, 7) is 0.547. The number of pyridine rings is 1. The molecule has 0 amide bonds. The number of fused-ring (bicyclic) bond motifs is 3. The summed E-state index contributed by atoms with van der Waals surface area (Å²) in [6, 6.07) is 7.14. The van der Waals surface area contributed by atoms with E-state index in [4.69, 9.17) is 26.1 Å². The molecular formula is C28H31ClN6O3. The minimum atomic E-state index is -0.115. The second-order valence-electron chi connectivity index (χ2n) is 11.6. The second-order valence-corrected chi connectivity index (χ2v) is 12.0. The molecule has 38 heavy (non-hydrogen) atoms. The van der Waals surface area contributed by atoms with Crippen molar-refractivity contribution in [3.63, 3.8) is 0 Å². The van der Waals surface area contributed by atoms with Gasteiger partial charge >= 0.3 is 0 Å². The highest BCUT2D eigenvalue weighted by molar-refractivity contribution is 6.33. The molecule has 5 fully saturated rings. The van der Waals surface area contributed by atoms with Crippen LogP contribution in [0.1, 0.15) is 44.9 Å². The maximum Gasteiger partial charge on any atom is 0.295 e. The minimum Gasteiger partial charge on any atom is -0.486 e. The molecular weight excluding hydrogens is 504 g/mol. The van der Waals surface area contributed by atoms with Crippen molar-refractivity contribution in [1.29, 1.82) is 0 Å². The standard InChI is InChI=1S/C28H31ClN6O3/c1-34-23-5-4-15(8-20(23)24-25(27(34)36)37-7-6-22(32-24)14-2-3-14)31-26-21(29)13-30-28(33-26)35-16-9-18-11-17(35)12-19(10-16)38-18/h4-5,8,13-14,16-19,22,32H,2-3,6-7,9-12H2,1H3,(H,30,31,33). The number of hydrogen-bond donors (Lipinski definition) is 2. The Kier molecular flexibility index (Phi) is 5.11. The largest absolute Gasteiger partial charge is 0.486 e. The van der Waals surface area contributed by atoms with Crippen molar-refractivity contribution in [2.45, 2.75) is 75.3 Å². The molecule has 5 aliphatic heterocycles.